The van der Waals surface area contributed by atoms with Crippen LogP contribution in [0.25, 0.3) is 0 Å². The summed E-state index contributed by atoms with van der Waals surface area (Å²) in [6.07, 6.45) is 18.6. The van der Waals surface area contributed by atoms with Crippen molar-refractivity contribution in [3.8, 4) is 0 Å². The van der Waals surface area contributed by atoms with E-state index in [1.54, 1.807) is 0 Å². The molecule has 2 rings (SSSR count). The molecule has 2 aromatic heterocycles. The summed E-state index contributed by atoms with van der Waals surface area (Å²) in [5, 5.41) is 14.2. The van der Waals surface area contributed by atoms with Crippen LogP contribution in [0.4, 0.5) is 0 Å². The lowest BCUT2D eigenvalue weighted by atomic mass is 10.1. The summed E-state index contributed by atoms with van der Waals surface area (Å²) in [4.78, 5) is 0. The smallest absolute Gasteiger partial charge is 0.117 e. The predicted molar refractivity (Wildman–Crippen MR) is 161 cm³/mol. The van der Waals surface area contributed by atoms with Gasteiger partial charge in [-0.05, 0) is 116 Å². The van der Waals surface area contributed by atoms with Crippen LogP contribution in [0, 0.1) is 13.8 Å². The van der Waals surface area contributed by atoms with E-state index in [9.17, 15) is 0 Å². The van der Waals surface area contributed by atoms with Gasteiger partial charge in [-0.15, -0.1) is 0 Å². The minimum absolute atomic E-state index is 0.847. The SMILES string of the molecule is Cc1ccc(CNCCCCCCNCCCCCCCCNCCCCCCNCc2ccc(C)o2)o1. The zero-order valence-electron chi connectivity index (χ0n) is 24.7. The van der Waals surface area contributed by atoms with Gasteiger partial charge in [0.15, 0.2) is 0 Å². The van der Waals surface area contributed by atoms with Gasteiger partial charge in [0.2, 0.25) is 0 Å². The molecular weight excluding hydrogens is 472 g/mol. The van der Waals surface area contributed by atoms with Crippen molar-refractivity contribution in [3.05, 3.63) is 47.3 Å². The molecule has 0 saturated carbocycles. The molecule has 2 heterocycles. The Labute approximate surface area is 233 Å². The molecule has 0 fully saturated rings. The lowest BCUT2D eigenvalue weighted by molar-refractivity contribution is 0.457. The zero-order chi connectivity index (χ0) is 26.9. The maximum absolute atomic E-state index is 5.57. The van der Waals surface area contributed by atoms with E-state index in [-0.39, 0.29) is 0 Å². The molecule has 0 aliphatic heterocycles. The van der Waals surface area contributed by atoms with Crippen molar-refractivity contribution in [1.29, 1.82) is 0 Å². The van der Waals surface area contributed by atoms with E-state index in [1.807, 2.05) is 26.0 Å². The number of hydrogen-bond donors (Lipinski definition) is 4. The normalized spacial score (nSPS) is 11.5. The van der Waals surface area contributed by atoms with Gasteiger partial charge in [-0.25, -0.2) is 0 Å². The molecule has 6 nitrogen and oxygen atoms in total. The van der Waals surface area contributed by atoms with Crippen LogP contribution in [0.15, 0.2) is 33.1 Å². The van der Waals surface area contributed by atoms with Crippen LogP contribution in [0.3, 0.4) is 0 Å². The highest BCUT2D eigenvalue weighted by Crippen LogP contribution is 2.07. The van der Waals surface area contributed by atoms with Gasteiger partial charge >= 0.3 is 0 Å². The molecule has 38 heavy (non-hydrogen) atoms. The second kappa shape index (κ2) is 23.3. The highest BCUT2D eigenvalue weighted by atomic mass is 16.3. The topological polar surface area (TPSA) is 74.4 Å². The molecule has 0 aliphatic rings. The second-order valence-corrected chi connectivity index (χ2v) is 10.8. The van der Waals surface area contributed by atoms with Crippen LogP contribution >= 0.6 is 0 Å². The number of hydrogen-bond acceptors (Lipinski definition) is 6. The zero-order valence-corrected chi connectivity index (χ0v) is 24.7. The highest BCUT2D eigenvalue weighted by Gasteiger charge is 1.99. The second-order valence-electron chi connectivity index (χ2n) is 10.8. The average molecular weight is 531 g/mol. The lowest BCUT2D eigenvalue weighted by Crippen LogP contribution is -2.17. The number of unbranched alkanes of at least 4 members (excludes halogenated alkanes) is 11. The molecule has 0 amide bonds. The lowest BCUT2D eigenvalue weighted by Gasteiger charge is -2.07. The van der Waals surface area contributed by atoms with E-state index in [0.717, 1.165) is 49.2 Å². The number of rotatable bonds is 27. The van der Waals surface area contributed by atoms with Crippen LogP contribution in [-0.4, -0.2) is 39.3 Å². The monoisotopic (exact) mass is 530 g/mol. The van der Waals surface area contributed by atoms with Crippen molar-refractivity contribution in [2.75, 3.05) is 39.3 Å². The first-order valence-corrected chi connectivity index (χ1v) is 15.7. The first kappa shape index (κ1) is 32.6. The van der Waals surface area contributed by atoms with Crippen molar-refractivity contribution in [1.82, 2.24) is 21.3 Å². The Morgan fingerprint density at radius 3 is 0.974 bits per heavy atom. The summed E-state index contributed by atoms with van der Waals surface area (Å²) >= 11 is 0. The Morgan fingerprint density at radius 1 is 0.395 bits per heavy atom. The molecule has 0 saturated heterocycles. The number of furan rings is 2. The fraction of sp³-hybridized carbons (Fsp3) is 0.750. The van der Waals surface area contributed by atoms with E-state index >= 15 is 0 Å². The Morgan fingerprint density at radius 2 is 0.684 bits per heavy atom. The molecule has 0 atom stereocenters. The van der Waals surface area contributed by atoms with E-state index in [0.29, 0.717) is 0 Å². The molecule has 0 bridgehead atoms. The number of nitrogens with one attached hydrogen (secondary N) is 4. The van der Waals surface area contributed by atoms with Crippen molar-refractivity contribution in [2.24, 2.45) is 0 Å². The Balaban J connectivity index is 1.16. The van der Waals surface area contributed by atoms with Gasteiger partial charge in [-0.2, -0.15) is 0 Å². The van der Waals surface area contributed by atoms with E-state index in [2.05, 4.69) is 33.4 Å². The molecule has 0 radical (unpaired) electrons. The third kappa shape index (κ3) is 18.6. The Kier molecular flexibility index (Phi) is 20.0. The van der Waals surface area contributed by atoms with Crippen LogP contribution in [0.2, 0.25) is 0 Å². The molecule has 0 spiro atoms. The molecule has 4 N–H and O–H groups in total. The minimum Gasteiger partial charge on any atom is -0.465 e. The minimum atomic E-state index is 0.847. The summed E-state index contributed by atoms with van der Waals surface area (Å²) in [6.45, 7) is 12.6. The molecule has 6 heteroatoms. The quantitative estimate of drug-likeness (QED) is 0.0931. The third-order valence-electron chi connectivity index (χ3n) is 7.06. The molecule has 2 aromatic rings. The van der Waals surface area contributed by atoms with E-state index < -0.39 is 0 Å². The summed E-state index contributed by atoms with van der Waals surface area (Å²) in [5.74, 6) is 4.07. The average Bonchev–Trinajstić information content (AvgIpc) is 3.53. The van der Waals surface area contributed by atoms with Crippen molar-refractivity contribution in [3.63, 3.8) is 0 Å². The maximum Gasteiger partial charge on any atom is 0.117 e. The molecule has 0 unspecified atom stereocenters. The predicted octanol–water partition coefficient (Wildman–Crippen LogP) is 7.01. The molecule has 0 aromatic carbocycles. The maximum atomic E-state index is 5.57. The van der Waals surface area contributed by atoms with Gasteiger partial charge in [0.1, 0.15) is 23.0 Å². The summed E-state index contributed by atoms with van der Waals surface area (Å²) in [7, 11) is 0. The third-order valence-corrected chi connectivity index (χ3v) is 7.06. The first-order valence-electron chi connectivity index (χ1n) is 15.7. The Bertz CT molecular complexity index is 709. The van der Waals surface area contributed by atoms with E-state index in [4.69, 9.17) is 8.83 Å². The Hall–Kier alpha value is -1.60. The fourth-order valence-electron chi connectivity index (χ4n) is 4.75. The largest absolute Gasteiger partial charge is 0.465 e. The van der Waals surface area contributed by atoms with Gasteiger partial charge in [0, 0.05) is 0 Å². The standard InChI is InChI=1S/C32H58N4O2/c1-29-17-19-31(37-29)27-35-25-15-9-7-13-23-33-21-11-5-3-4-6-12-22-34-24-14-8-10-16-26-36-28-32-20-18-30(2)38-32/h17-20,33-36H,3-16,21-28H2,1-2H3. The van der Waals surface area contributed by atoms with Gasteiger partial charge < -0.3 is 30.1 Å². The van der Waals surface area contributed by atoms with Crippen molar-refractivity contribution < 1.29 is 8.83 Å². The van der Waals surface area contributed by atoms with Gasteiger partial charge in [0.05, 0.1) is 13.1 Å². The van der Waals surface area contributed by atoms with E-state index in [1.165, 1.54) is 116 Å². The highest BCUT2D eigenvalue weighted by molar-refractivity contribution is 5.05. The molecule has 218 valence electrons. The molecular formula is C32H58N4O2. The van der Waals surface area contributed by atoms with Crippen LogP contribution in [0.1, 0.15) is 113 Å². The van der Waals surface area contributed by atoms with Crippen LogP contribution in [0.5, 0.6) is 0 Å². The van der Waals surface area contributed by atoms with Crippen LogP contribution < -0.4 is 21.3 Å². The number of aryl methyl sites for hydroxylation is 2. The fourth-order valence-corrected chi connectivity index (χ4v) is 4.75. The van der Waals surface area contributed by atoms with Gasteiger partial charge in [0.25, 0.3) is 0 Å². The van der Waals surface area contributed by atoms with Crippen molar-refractivity contribution >= 4 is 0 Å². The molecule has 0 aliphatic carbocycles. The summed E-state index contributed by atoms with van der Waals surface area (Å²) in [5.41, 5.74) is 0. The first-order chi connectivity index (χ1) is 18.7. The van der Waals surface area contributed by atoms with Crippen LogP contribution in [-0.2, 0) is 13.1 Å². The summed E-state index contributed by atoms with van der Waals surface area (Å²) in [6, 6.07) is 8.17. The van der Waals surface area contributed by atoms with Gasteiger partial charge in [-0.1, -0.05) is 51.4 Å². The van der Waals surface area contributed by atoms with Crippen molar-refractivity contribution in [2.45, 2.75) is 117 Å². The summed E-state index contributed by atoms with van der Waals surface area (Å²) < 4.78 is 11.1. The van der Waals surface area contributed by atoms with Gasteiger partial charge in [-0.3, -0.25) is 0 Å².